The lowest BCUT2D eigenvalue weighted by Gasteiger charge is -2.05. The highest BCUT2D eigenvalue weighted by Gasteiger charge is 2.12. The number of pyridine rings is 1. The number of aromatic nitrogens is 3. The van der Waals surface area contributed by atoms with Crippen LogP contribution in [0.1, 0.15) is 35.6 Å². The van der Waals surface area contributed by atoms with Gasteiger partial charge in [0.1, 0.15) is 10.8 Å². The highest BCUT2D eigenvalue weighted by Crippen LogP contribution is 2.22. The van der Waals surface area contributed by atoms with E-state index in [1.165, 1.54) is 12.3 Å². The summed E-state index contributed by atoms with van der Waals surface area (Å²) in [7, 11) is 0. The summed E-state index contributed by atoms with van der Waals surface area (Å²) in [6.45, 7) is 6.66. The van der Waals surface area contributed by atoms with Gasteiger partial charge in [-0.25, -0.2) is 0 Å². The Morgan fingerprint density at radius 1 is 1.32 bits per heavy atom. The molecule has 0 aromatic carbocycles. The first-order chi connectivity index (χ1) is 11.9. The summed E-state index contributed by atoms with van der Waals surface area (Å²) in [4.78, 5) is 27.5. The average molecular weight is 362 g/mol. The van der Waals surface area contributed by atoms with Crippen molar-refractivity contribution in [3.8, 4) is 0 Å². The van der Waals surface area contributed by atoms with E-state index in [2.05, 4.69) is 34.8 Å². The Labute approximate surface area is 151 Å². The molecule has 2 aromatic heterocycles. The molecule has 2 heterocycles. The average Bonchev–Trinajstić information content (AvgIpc) is 2.84. The molecule has 25 heavy (non-hydrogen) atoms. The van der Waals surface area contributed by atoms with E-state index in [1.54, 1.807) is 29.0 Å². The molecule has 0 spiro atoms. The van der Waals surface area contributed by atoms with Crippen LogP contribution in [-0.4, -0.2) is 26.6 Å². The first-order valence-corrected chi connectivity index (χ1v) is 8.18. The van der Waals surface area contributed by atoms with Gasteiger partial charge in [-0.3, -0.25) is 30.1 Å². The fourth-order valence-corrected chi connectivity index (χ4v) is 2.41. The van der Waals surface area contributed by atoms with Crippen LogP contribution >= 0.6 is 11.6 Å². The van der Waals surface area contributed by atoms with Crippen molar-refractivity contribution in [2.24, 2.45) is 5.92 Å². The lowest BCUT2D eigenvalue weighted by molar-refractivity contribution is -0.117. The van der Waals surface area contributed by atoms with E-state index in [0.29, 0.717) is 23.2 Å². The predicted molar refractivity (Wildman–Crippen MR) is 95.7 cm³/mol. The summed E-state index contributed by atoms with van der Waals surface area (Å²) >= 11 is 6.30. The van der Waals surface area contributed by atoms with Gasteiger partial charge in [0.2, 0.25) is 0 Å². The summed E-state index contributed by atoms with van der Waals surface area (Å²) in [5, 5.41) is 4.85. The molecule has 0 unspecified atom stereocenters. The molecular weight excluding hydrogens is 342 g/mol. The molecule has 0 saturated carbocycles. The van der Waals surface area contributed by atoms with Crippen molar-refractivity contribution in [1.29, 1.82) is 0 Å². The minimum absolute atomic E-state index is 0.209. The minimum atomic E-state index is -0.499. The molecule has 8 heteroatoms. The number of amides is 2. The number of carbonyl (C=O) groups is 2. The third kappa shape index (κ3) is 5.15. The number of hydrogen-bond donors (Lipinski definition) is 2. The molecule has 0 aliphatic rings. The van der Waals surface area contributed by atoms with E-state index in [-0.39, 0.29) is 5.69 Å². The lowest BCUT2D eigenvalue weighted by Crippen LogP contribution is -2.41. The third-order valence-electron chi connectivity index (χ3n) is 3.25. The van der Waals surface area contributed by atoms with Crippen LogP contribution in [0.25, 0.3) is 6.08 Å². The number of rotatable bonds is 5. The van der Waals surface area contributed by atoms with E-state index in [9.17, 15) is 9.59 Å². The zero-order chi connectivity index (χ0) is 18.4. The molecule has 2 aromatic rings. The zero-order valence-corrected chi connectivity index (χ0v) is 15.0. The Hall–Kier alpha value is -2.67. The van der Waals surface area contributed by atoms with Crippen LogP contribution in [0.2, 0.25) is 5.15 Å². The summed E-state index contributed by atoms with van der Waals surface area (Å²) in [5.74, 6) is -0.587. The van der Waals surface area contributed by atoms with E-state index in [4.69, 9.17) is 11.6 Å². The van der Waals surface area contributed by atoms with Gasteiger partial charge in [-0.1, -0.05) is 31.5 Å². The topological polar surface area (TPSA) is 88.9 Å². The van der Waals surface area contributed by atoms with Crippen LogP contribution < -0.4 is 10.9 Å². The van der Waals surface area contributed by atoms with Gasteiger partial charge >= 0.3 is 0 Å². The normalized spacial score (nSPS) is 11.1. The first-order valence-electron chi connectivity index (χ1n) is 7.80. The maximum atomic E-state index is 11.9. The van der Waals surface area contributed by atoms with Gasteiger partial charge in [-0.15, -0.1) is 0 Å². The Kier molecular flexibility index (Phi) is 6.30. The molecule has 0 saturated heterocycles. The van der Waals surface area contributed by atoms with Crippen molar-refractivity contribution in [3.63, 3.8) is 0 Å². The molecule has 132 valence electrons. The summed E-state index contributed by atoms with van der Waals surface area (Å²) < 4.78 is 1.71. The van der Waals surface area contributed by atoms with E-state index < -0.39 is 11.8 Å². The maximum absolute atomic E-state index is 11.9. The lowest BCUT2D eigenvalue weighted by atomic mass is 10.2. The zero-order valence-electron chi connectivity index (χ0n) is 14.3. The number of nitrogens with zero attached hydrogens (tertiary/aromatic N) is 3. The van der Waals surface area contributed by atoms with Crippen molar-refractivity contribution in [2.75, 3.05) is 0 Å². The number of aryl methyl sites for hydroxylation is 1. The fourth-order valence-electron chi connectivity index (χ4n) is 2.10. The molecule has 0 fully saturated rings. The van der Waals surface area contributed by atoms with Crippen molar-refractivity contribution < 1.29 is 9.59 Å². The highest BCUT2D eigenvalue weighted by molar-refractivity contribution is 6.31. The maximum Gasteiger partial charge on any atom is 0.288 e. The van der Waals surface area contributed by atoms with Crippen LogP contribution in [0.15, 0.2) is 30.5 Å². The van der Waals surface area contributed by atoms with Gasteiger partial charge in [0.15, 0.2) is 0 Å². The number of carbonyl (C=O) groups excluding carboxylic acids is 2. The predicted octanol–water partition coefficient (Wildman–Crippen LogP) is 2.37. The summed E-state index contributed by atoms with van der Waals surface area (Å²) in [5.41, 5.74) is 6.20. The molecule has 7 nitrogen and oxygen atoms in total. The van der Waals surface area contributed by atoms with E-state index in [0.717, 1.165) is 5.69 Å². The van der Waals surface area contributed by atoms with Crippen LogP contribution in [0.3, 0.4) is 0 Å². The fraction of sp³-hybridized carbons (Fsp3) is 0.294. The van der Waals surface area contributed by atoms with Gasteiger partial charge in [-0.2, -0.15) is 5.10 Å². The van der Waals surface area contributed by atoms with Crippen molar-refractivity contribution in [3.05, 3.63) is 52.6 Å². The first kappa shape index (κ1) is 18.7. The van der Waals surface area contributed by atoms with Crippen LogP contribution in [0.5, 0.6) is 0 Å². The molecule has 0 aliphatic carbocycles. The second-order valence-electron chi connectivity index (χ2n) is 5.86. The Morgan fingerprint density at radius 2 is 2.08 bits per heavy atom. The minimum Gasteiger partial charge on any atom is -0.268 e. The molecule has 0 aliphatic heterocycles. The molecule has 0 bridgehead atoms. The molecule has 2 amide bonds. The number of hydrogen-bond acceptors (Lipinski definition) is 4. The van der Waals surface area contributed by atoms with Crippen molar-refractivity contribution in [2.45, 2.75) is 27.3 Å². The van der Waals surface area contributed by atoms with Gasteiger partial charge in [-0.05, 0) is 31.1 Å². The molecule has 0 radical (unpaired) electrons. The highest BCUT2D eigenvalue weighted by atomic mass is 35.5. The van der Waals surface area contributed by atoms with E-state index >= 15 is 0 Å². The van der Waals surface area contributed by atoms with Gasteiger partial charge in [0, 0.05) is 24.4 Å². The van der Waals surface area contributed by atoms with Gasteiger partial charge in [0.05, 0.1) is 5.69 Å². The number of hydrazine groups is 1. The smallest absolute Gasteiger partial charge is 0.268 e. The standard InChI is InChI=1S/C17H20ClN5O2/c1-11(2)10-23-16(18)13(12(3)22-23)7-8-15(24)20-21-17(25)14-6-4-5-9-19-14/h4-9,11H,10H2,1-3H3,(H,20,24)(H,21,25)/b8-7+. The van der Waals surface area contributed by atoms with E-state index in [1.807, 2.05) is 6.92 Å². The van der Waals surface area contributed by atoms with Crippen molar-refractivity contribution >= 4 is 29.5 Å². The Balaban J connectivity index is 1.96. The molecule has 0 atom stereocenters. The monoisotopic (exact) mass is 361 g/mol. The third-order valence-corrected chi connectivity index (χ3v) is 3.64. The van der Waals surface area contributed by atoms with Crippen LogP contribution in [-0.2, 0) is 11.3 Å². The molecule has 2 N–H and O–H groups in total. The quantitative estimate of drug-likeness (QED) is 0.632. The molecule has 2 rings (SSSR count). The summed E-state index contributed by atoms with van der Waals surface area (Å²) in [6.07, 6.45) is 4.36. The Morgan fingerprint density at radius 3 is 2.72 bits per heavy atom. The van der Waals surface area contributed by atoms with Crippen LogP contribution in [0, 0.1) is 12.8 Å². The second-order valence-corrected chi connectivity index (χ2v) is 6.22. The number of halogens is 1. The number of nitrogens with one attached hydrogen (secondary N) is 2. The van der Waals surface area contributed by atoms with Gasteiger partial charge in [0.25, 0.3) is 11.8 Å². The van der Waals surface area contributed by atoms with Gasteiger partial charge < -0.3 is 0 Å². The largest absolute Gasteiger partial charge is 0.288 e. The molecular formula is C17H20ClN5O2. The van der Waals surface area contributed by atoms with Crippen LogP contribution in [0.4, 0.5) is 0 Å². The SMILES string of the molecule is Cc1nn(CC(C)C)c(Cl)c1/C=C/C(=O)NNC(=O)c1ccccn1. The Bertz CT molecular complexity index is 784. The van der Waals surface area contributed by atoms with Crippen molar-refractivity contribution in [1.82, 2.24) is 25.6 Å². The second kappa shape index (κ2) is 8.43. The summed E-state index contributed by atoms with van der Waals surface area (Å²) in [6, 6.07) is 4.93.